The molecule has 0 saturated carbocycles. The topological polar surface area (TPSA) is 15.7 Å². The minimum atomic E-state index is -4.62. The van der Waals surface area contributed by atoms with Crippen molar-refractivity contribution in [2.75, 3.05) is 39.8 Å². The molecule has 0 spiro atoms. The first-order valence-electron chi connectivity index (χ1n) is 7.18. The zero-order valence-corrected chi connectivity index (χ0v) is 12.2. The van der Waals surface area contributed by atoms with Gasteiger partial charge in [0, 0.05) is 26.2 Å². The lowest BCUT2D eigenvalue weighted by atomic mass is 10.1. The van der Waals surface area contributed by atoms with E-state index in [2.05, 4.69) is 21.6 Å². The normalized spacial score (nSPS) is 17.9. The summed E-state index contributed by atoms with van der Waals surface area (Å²) >= 11 is 0. The summed E-state index contributed by atoms with van der Waals surface area (Å²) in [5.74, 6) is -0.162. The number of aryl methyl sites for hydroxylation is 1. The summed E-state index contributed by atoms with van der Waals surface area (Å²) < 4.78 is 40.0. The molecule has 0 unspecified atom stereocenters. The Morgan fingerprint density at radius 3 is 2.24 bits per heavy atom. The molecule has 3 nitrogen and oxygen atoms in total. The van der Waals surface area contributed by atoms with Crippen LogP contribution in [0.15, 0.2) is 24.3 Å². The fraction of sp³-hybridized carbons (Fsp3) is 0.600. The van der Waals surface area contributed by atoms with Crippen molar-refractivity contribution in [1.82, 2.24) is 9.80 Å². The molecule has 6 heteroatoms. The number of hydrogen-bond acceptors (Lipinski definition) is 3. The lowest BCUT2D eigenvalue weighted by Gasteiger charge is -2.32. The van der Waals surface area contributed by atoms with Gasteiger partial charge in [0.1, 0.15) is 5.75 Å². The fourth-order valence-corrected chi connectivity index (χ4v) is 2.44. The molecule has 1 saturated heterocycles. The highest BCUT2D eigenvalue weighted by molar-refractivity contribution is 5.27. The van der Waals surface area contributed by atoms with Crippen LogP contribution in [0.3, 0.4) is 0 Å². The number of ether oxygens (including phenoxy) is 1. The van der Waals surface area contributed by atoms with E-state index in [0.717, 1.165) is 51.1 Å². The van der Waals surface area contributed by atoms with Crippen molar-refractivity contribution in [3.8, 4) is 5.75 Å². The van der Waals surface area contributed by atoms with Crippen LogP contribution in [0.1, 0.15) is 12.0 Å². The van der Waals surface area contributed by atoms with Crippen molar-refractivity contribution in [2.24, 2.45) is 0 Å². The molecule has 1 aliphatic heterocycles. The highest BCUT2D eigenvalue weighted by Crippen LogP contribution is 2.23. The van der Waals surface area contributed by atoms with Gasteiger partial charge in [-0.05, 0) is 44.1 Å². The predicted molar refractivity (Wildman–Crippen MR) is 75.4 cm³/mol. The quantitative estimate of drug-likeness (QED) is 0.832. The Hall–Kier alpha value is -1.27. The predicted octanol–water partition coefficient (Wildman–Crippen LogP) is 2.77. The molecule has 0 radical (unpaired) electrons. The number of piperazine rings is 1. The highest BCUT2D eigenvalue weighted by atomic mass is 19.4. The summed E-state index contributed by atoms with van der Waals surface area (Å²) in [5, 5.41) is 0. The van der Waals surface area contributed by atoms with Crippen LogP contribution in [0.5, 0.6) is 5.75 Å². The molecule has 0 amide bonds. The van der Waals surface area contributed by atoms with E-state index in [1.807, 2.05) is 0 Å². The van der Waals surface area contributed by atoms with Gasteiger partial charge in [0.15, 0.2) is 0 Å². The van der Waals surface area contributed by atoms with Crippen LogP contribution in [0, 0.1) is 0 Å². The standard InChI is InChI=1S/C15H21F3N2O/c1-19-9-11-20(12-10-19)8-2-3-13-4-6-14(7-5-13)21-15(16,17)18/h4-7H,2-3,8-12H2,1H3. The lowest BCUT2D eigenvalue weighted by Crippen LogP contribution is -2.44. The number of alkyl halides is 3. The minimum absolute atomic E-state index is 0.162. The van der Waals surface area contributed by atoms with Gasteiger partial charge in [-0.1, -0.05) is 12.1 Å². The monoisotopic (exact) mass is 302 g/mol. The second kappa shape index (κ2) is 7.13. The van der Waals surface area contributed by atoms with Crippen LogP contribution >= 0.6 is 0 Å². The van der Waals surface area contributed by atoms with Crippen LogP contribution in [0.2, 0.25) is 0 Å². The molecule has 2 rings (SSSR count). The third kappa shape index (κ3) is 5.93. The van der Waals surface area contributed by atoms with Gasteiger partial charge in [0.25, 0.3) is 0 Å². The maximum absolute atomic E-state index is 12.0. The van der Waals surface area contributed by atoms with Gasteiger partial charge in [-0.15, -0.1) is 13.2 Å². The van der Waals surface area contributed by atoms with Crippen molar-refractivity contribution in [3.63, 3.8) is 0 Å². The Morgan fingerprint density at radius 2 is 1.67 bits per heavy atom. The minimum Gasteiger partial charge on any atom is -0.406 e. The number of benzene rings is 1. The van der Waals surface area contributed by atoms with E-state index in [1.165, 1.54) is 12.1 Å². The molecule has 1 aliphatic rings. The summed E-state index contributed by atoms with van der Waals surface area (Å²) in [7, 11) is 2.13. The van der Waals surface area contributed by atoms with E-state index in [1.54, 1.807) is 12.1 Å². The molecule has 1 aromatic rings. The molecule has 21 heavy (non-hydrogen) atoms. The first-order valence-corrected chi connectivity index (χ1v) is 7.18. The van der Waals surface area contributed by atoms with Gasteiger partial charge in [0.2, 0.25) is 0 Å². The summed E-state index contributed by atoms with van der Waals surface area (Å²) in [6.07, 6.45) is -2.73. The van der Waals surface area contributed by atoms with Gasteiger partial charge in [-0.2, -0.15) is 0 Å². The molecular formula is C15H21F3N2O. The van der Waals surface area contributed by atoms with E-state index in [4.69, 9.17) is 0 Å². The highest BCUT2D eigenvalue weighted by Gasteiger charge is 2.30. The lowest BCUT2D eigenvalue weighted by molar-refractivity contribution is -0.274. The Kier molecular flexibility index (Phi) is 5.47. The largest absolute Gasteiger partial charge is 0.573 e. The maximum atomic E-state index is 12.0. The molecule has 1 fully saturated rings. The molecule has 0 aromatic heterocycles. The zero-order valence-electron chi connectivity index (χ0n) is 12.2. The second-order valence-electron chi connectivity index (χ2n) is 5.44. The van der Waals surface area contributed by atoms with Crippen molar-refractivity contribution >= 4 is 0 Å². The Balaban J connectivity index is 1.71. The molecule has 0 N–H and O–H groups in total. The summed E-state index contributed by atoms with van der Waals surface area (Å²) in [6.45, 7) is 5.42. The molecule has 1 aromatic carbocycles. The molecule has 118 valence electrons. The van der Waals surface area contributed by atoms with Crippen LogP contribution < -0.4 is 4.74 Å². The molecule has 0 aliphatic carbocycles. The van der Waals surface area contributed by atoms with Crippen molar-refractivity contribution < 1.29 is 17.9 Å². The van der Waals surface area contributed by atoms with Crippen LogP contribution in [-0.4, -0.2) is 55.9 Å². The van der Waals surface area contributed by atoms with Crippen molar-refractivity contribution in [2.45, 2.75) is 19.2 Å². The van der Waals surface area contributed by atoms with E-state index >= 15 is 0 Å². The average Bonchev–Trinajstić information content (AvgIpc) is 2.41. The van der Waals surface area contributed by atoms with E-state index < -0.39 is 6.36 Å². The van der Waals surface area contributed by atoms with Gasteiger partial charge < -0.3 is 14.5 Å². The maximum Gasteiger partial charge on any atom is 0.573 e. The molecule has 0 atom stereocenters. The molecule has 1 heterocycles. The summed E-state index contributed by atoms with van der Waals surface area (Å²) in [6, 6.07) is 6.15. The van der Waals surface area contributed by atoms with E-state index in [-0.39, 0.29) is 5.75 Å². The van der Waals surface area contributed by atoms with Crippen LogP contribution in [0.25, 0.3) is 0 Å². The average molecular weight is 302 g/mol. The van der Waals surface area contributed by atoms with Gasteiger partial charge in [-0.3, -0.25) is 0 Å². The third-order valence-electron chi connectivity index (χ3n) is 3.69. The number of rotatable bonds is 5. The van der Waals surface area contributed by atoms with Crippen molar-refractivity contribution in [1.29, 1.82) is 0 Å². The fourth-order valence-electron chi connectivity index (χ4n) is 2.44. The van der Waals surface area contributed by atoms with Crippen LogP contribution in [-0.2, 0) is 6.42 Å². The SMILES string of the molecule is CN1CCN(CCCc2ccc(OC(F)(F)F)cc2)CC1. The second-order valence-corrected chi connectivity index (χ2v) is 5.44. The third-order valence-corrected chi connectivity index (χ3v) is 3.69. The summed E-state index contributed by atoms with van der Waals surface area (Å²) in [4.78, 5) is 4.75. The molecule has 0 bridgehead atoms. The Labute approximate surface area is 123 Å². The van der Waals surface area contributed by atoms with Gasteiger partial charge in [0.05, 0.1) is 0 Å². The smallest absolute Gasteiger partial charge is 0.406 e. The number of halogens is 3. The van der Waals surface area contributed by atoms with Gasteiger partial charge in [-0.25, -0.2) is 0 Å². The molecular weight excluding hydrogens is 281 g/mol. The number of hydrogen-bond donors (Lipinski definition) is 0. The Morgan fingerprint density at radius 1 is 1.05 bits per heavy atom. The first-order chi connectivity index (χ1) is 9.92. The Bertz CT molecular complexity index is 426. The first kappa shape index (κ1) is 16.1. The van der Waals surface area contributed by atoms with E-state index in [9.17, 15) is 13.2 Å². The van der Waals surface area contributed by atoms with Gasteiger partial charge >= 0.3 is 6.36 Å². The number of nitrogens with zero attached hydrogens (tertiary/aromatic N) is 2. The zero-order chi connectivity index (χ0) is 15.3. The van der Waals surface area contributed by atoms with E-state index in [0.29, 0.717) is 0 Å². The van der Waals surface area contributed by atoms with Crippen LogP contribution in [0.4, 0.5) is 13.2 Å². The van der Waals surface area contributed by atoms with Crippen molar-refractivity contribution in [3.05, 3.63) is 29.8 Å². The summed E-state index contributed by atoms with van der Waals surface area (Å²) in [5.41, 5.74) is 1.04. The number of likely N-dealkylation sites (N-methyl/N-ethyl adjacent to an activating group) is 1.